The molecule has 0 radical (unpaired) electrons. The van der Waals surface area contributed by atoms with Crippen LogP contribution in [-0.4, -0.2) is 24.0 Å². The van der Waals surface area contributed by atoms with Gasteiger partial charge in [-0.25, -0.2) is 0 Å². The first-order valence-corrected chi connectivity index (χ1v) is 5.74. The van der Waals surface area contributed by atoms with Gasteiger partial charge in [0.2, 0.25) is 5.91 Å². The van der Waals surface area contributed by atoms with Crippen LogP contribution in [0.1, 0.15) is 46.5 Å². The van der Waals surface area contributed by atoms with E-state index in [1.807, 2.05) is 20.8 Å². The Labute approximate surface area is 92.8 Å². The van der Waals surface area contributed by atoms with E-state index in [-0.39, 0.29) is 17.5 Å². The number of hydrogen-bond acceptors (Lipinski definition) is 3. The Hall–Kier alpha value is -0.610. The number of amides is 1. The SMILES string of the molecule is CCC(N)(CC)CNC(=O)CCC(C)N. The van der Waals surface area contributed by atoms with Crippen molar-refractivity contribution in [3.8, 4) is 0 Å². The zero-order chi connectivity index (χ0) is 11.9. The van der Waals surface area contributed by atoms with Crippen LogP contribution in [0.5, 0.6) is 0 Å². The van der Waals surface area contributed by atoms with Crippen molar-refractivity contribution in [2.24, 2.45) is 11.5 Å². The third-order valence-electron chi connectivity index (χ3n) is 2.87. The Morgan fingerprint density at radius 1 is 1.40 bits per heavy atom. The number of nitrogens with one attached hydrogen (secondary N) is 1. The second kappa shape index (κ2) is 6.80. The molecule has 0 aromatic rings. The smallest absolute Gasteiger partial charge is 0.220 e. The maximum absolute atomic E-state index is 11.4. The predicted molar refractivity (Wildman–Crippen MR) is 63.4 cm³/mol. The highest BCUT2D eigenvalue weighted by molar-refractivity contribution is 5.75. The van der Waals surface area contributed by atoms with Gasteiger partial charge in [0.25, 0.3) is 0 Å². The molecule has 0 aromatic heterocycles. The fraction of sp³-hybridized carbons (Fsp3) is 0.909. The van der Waals surface area contributed by atoms with Gasteiger partial charge < -0.3 is 16.8 Å². The van der Waals surface area contributed by atoms with Gasteiger partial charge in [-0.1, -0.05) is 13.8 Å². The lowest BCUT2D eigenvalue weighted by Gasteiger charge is -2.26. The molecule has 0 aliphatic carbocycles. The van der Waals surface area contributed by atoms with Crippen molar-refractivity contribution in [3.05, 3.63) is 0 Å². The highest BCUT2D eigenvalue weighted by atomic mass is 16.1. The highest BCUT2D eigenvalue weighted by Crippen LogP contribution is 2.09. The van der Waals surface area contributed by atoms with Crippen LogP contribution in [-0.2, 0) is 4.79 Å². The Bertz CT molecular complexity index is 188. The van der Waals surface area contributed by atoms with E-state index in [1.54, 1.807) is 0 Å². The number of nitrogens with two attached hydrogens (primary N) is 2. The van der Waals surface area contributed by atoms with Gasteiger partial charge in [0.05, 0.1) is 0 Å². The molecule has 0 aliphatic rings. The molecule has 5 N–H and O–H groups in total. The monoisotopic (exact) mass is 215 g/mol. The largest absolute Gasteiger partial charge is 0.354 e. The molecule has 1 atom stereocenters. The van der Waals surface area contributed by atoms with Crippen LogP contribution >= 0.6 is 0 Å². The molecule has 1 amide bonds. The maximum atomic E-state index is 11.4. The average Bonchev–Trinajstić information content (AvgIpc) is 2.23. The molecule has 0 spiro atoms. The van der Waals surface area contributed by atoms with Gasteiger partial charge in [0.15, 0.2) is 0 Å². The van der Waals surface area contributed by atoms with Crippen molar-refractivity contribution in [2.45, 2.75) is 58.0 Å². The number of rotatable bonds is 7. The number of carbonyl (C=O) groups is 1. The zero-order valence-electron chi connectivity index (χ0n) is 10.2. The number of hydrogen-bond donors (Lipinski definition) is 3. The third kappa shape index (κ3) is 6.47. The van der Waals surface area contributed by atoms with Gasteiger partial charge in [-0.15, -0.1) is 0 Å². The maximum Gasteiger partial charge on any atom is 0.220 e. The van der Waals surface area contributed by atoms with Gasteiger partial charge in [-0.05, 0) is 26.2 Å². The first-order chi connectivity index (χ1) is 6.93. The van der Waals surface area contributed by atoms with E-state index in [9.17, 15) is 4.79 Å². The summed E-state index contributed by atoms with van der Waals surface area (Å²) in [6, 6.07) is 0.0794. The summed E-state index contributed by atoms with van der Waals surface area (Å²) in [5.41, 5.74) is 11.4. The van der Waals surface area contributed by atoms with Crippen LogP contribution in [0.15, 0.2) is 0 Å². The van der Waals surface area contributed by atoms with Gasteiger partial charge in [-0.2, -0.15) is 0 Å². The first-order valence-electron chi connectivity index (χ1n) is 5.74. The summed E-state index contributed by atoms with van der Waals surface area (Å²) in [6.07, 6.45) is 2.96. The fourth-order valence-corrected chi connectivity index (χ4v) is 1.22. The Balaban J connectivity index is 3.79. The van der Waals surface area contributed by atoms with E-state index >= 15 is 0 Å². The summed E-state index contributed by atoms with van der Waals surface area (Å²) in [5, 5.41) is 2.86. The molecule has 0 saturated heterocycles. The van der Waals surface area contributed by atoms with Gasteiger partial charge >= 0.3 is 0 Å². The Kier molecular flexibility index (Phi) is 6.52. The summed E-state index contributed by atoms with van der Waals surface area (Å²) in [5.74, 6) is 0.0454. The van der Waals surface area contributed by atoms with E-state index in [0.717, 1.165) is 19.3 Å². The van der Waals surface area contributed by atoms with Gasteiger partial charge in [0.1, 0.15) is 0 Å². The summed E-state index contributed by atoms with van der Waals surface area (Å²) < 4.78 is 0. The Morgan fingerprint density at radius 2 is 1.93 bits per heavy atom. The molecule has 4 heteroatoms. The van der Waals surface area contributed by atoms with Crippen LogP contribution in [0.2, 0.25) is 0 Å². The van der Waals surface area contributed by atoms with Crippen LogP contribution in [0.25, 0.3) is 0 Å². The second-order valence-electron chi connectivity index (χ2n) is 4.36. The van der Waals surface area contributed by atoms with Crippen molar-refractivity contribution < 1.29 is 4.79 Å². The van der Waals surface area contributed by atoms with E-state index < -0.39 is 0 Å². The second-order valence-corrected chi connectivity index (χ2v) is 4.36. The van der Waals surface area contributed by atoms with Crippen molar-refractivity contribution in [2.75, 3.05) is 6.54 Å². The lowest BCUT2D eigenvalue weighted by molar-refractivity contribution is -0.121. The van der Waals surface area contributed by atoms with Gasteiger partial charge in [0, 0.05) is 24.5 Å². The lowest BCUT2D eigenvalue weighted by Crippen LogP contribution is -2.49. The van der Waals surface area contributed by atoms with Crippen molar-refractivity contribution >= 4 is 5.91 Å². The molecule has 4 nitrogen and oxygen atoms in total. The predicted octanol–water partition coefficient (Wildman–Crippen LogP) is 0.748. The van der Waals surface area contributed by atoms with E-state index in [2.05, 4.69) is 5.32 Å². The lowest BCUT2D eigenvalue weighted by atomic mass is 9.94. The minimum atomic E-state index is -0.260. The third-order valence-corrected chi connectivity index (χ3v) is 2.87. The van der Waals surface area contributed by atoms with Crippen LogP contribution < -0.4 is 16.8 Å². The fourth-order valence-electron chi connectivity index (χ4n) is 1.22. The minimum absolute atomic E-state index is 0.0454. The van der Waals surface area contributed by atoms with Crippen LogP contribution in [0.3, 0.4) is 0 Å². The summed E-state index contributed by atoms with van der Waals surface area (Å²) in [7, 11) is 0. The van der Waals surface area contributed by atoms with Crippen molar-refractivity contribution in [3.63, 3.8) is 0 Å². The zero-order valence-corrected chi connectivity index (χ0v) is 10.2. The summed E-state index contributed by atoms with van der Waals surface area (Å²) in [4.78, 5) is 11.4. The molecular weight excluding hydrogens is 190 g/mol. The number of carbonyl (C=O) groups excluding carboxylic acids is 1. The van der Waals surface area contributed by atoms with E-state index in [0.29, 0.717) is 13.0 Å². The molecule has 0 fully saturated rings. The molecule has 15 heavy (non-hydrogen) atoms. The highest BCUT2D eigenvalue weighted by Gasteiger charge is 2.20. The summed E-state index contributed by atoms with van der Waals surface area (Å²) >= 11 is 0. The average molecular weight is 215 g/mol. The minimum Gasteiger partial charge on any atom is -0.354 e. The normalized spacial score (nSPS) is 13.7. The molecule has 90 valence electrons. The standard InChI is InChI=1S/C11H25N3O/c1-4-11(13,5-2)8-14-10(15)7-6-9(3)12/h9H,4-8,12-13H2,1-3H3,(H,14,15). The summed E-state index contributed by atoms with van der Waals surface area (Å²) in [6.45, 7) is 6.53. The molecule has 0 saturated carbocycles. The first kappa shape index (κ1) is 14.4. The molecule has 0 aromatic carbocycles. The van der Waals surface area contributed by atoms with E-state index in [4.69, 9.17) is 11.5 Å². The van der Waals surface area contributed by atoms with Gasteiger partial charge in [-0.3, -0.25) is 4.79 Å². The molecule has 0 aliphatic heterocycles. The molecule has 1 unspecified atom stereocenters. The topological polar surface area (TPSA) is 81.1 Å². The quantitative estimate of drug-likeness (QED) is 0.586. The Morgan fingerprint density at radius 3 is 2.33 bits per heavy atom. The molecule has 0 rings (SSSR count). The van der Waals surface area contributed by atoms with E-state index in [1.165, 1.54) is 0 Å². The van der Waals surface area contributed by atoms with Crippen LogP contribution in [0, 0.1) is 0 Å². The van der Waals surface area contributed by atoms with Crippen molar-refractivity contribution in [1.82, 2.24) is 5.32 Å². The molecular formula is C11H25N3O. The molecule has 0 heterocycles. The molecule has 0 bridgehead atoms. The van der Waals surface area contributed by atoms with Crippen molar-refractivity contribution in [1.29, 1.82) is 0 Å². The van der Waals surface area contributed by atoms with Crippen LogP contribution in [0.4, 0.5) is 0 Å².